The van der Waals surface area contributed by atoms with E-state index in [0.717, 1.165) is 30.2 Å². The Labute approximate surface area is 140 Å². The highest BCUT2D eigenvalue weighted by molar-refractivity contribution is 6.06. The molecule has 1 aromatic carbocycles. The van der Waals surface area contributed by atoms with Crippen LogP contribution in [-0.4, -0.2) is 34.1 Å². The SMILES string of the molecule is CCCCCN1C(=O)NC(C)(Oc2ccnc3ccccc23)C1=O. The number of ether oxygens (including phenoxy) is 1. The van der Waals surface area contributed by atoms with E-state index >= 15 is 0 Å². The molecule has 1 fully saturated rings. The molecule has 1 saturated heterocycles. The first-order valence-corrected chi connectivity index (χ1v) is 8.22. The predicted molar refractivity (Wildman–Crippen MR) is 90.5 cm³/mol. The minimum Gasteiger partial charge on any atom is -0.458 e. The summed E-state index contributed by atoms with van der Waals surface area (Å²) in [5.41, 5.74) is -0.622. The number of aromatic nitrogens is 1. The van der Waals surface area contributed by atoms with Crippen LogP contribution in [-0.2, 0) is 4.79 Å². The van der Waals surface area contributed by atoms with Gasteiger partial charge in [0.1, 0.15) is 5.75 Å². The average Bonchev–Trinajstić information content (AvgIpc) is 2.78. The highest BCUT2D eigenvalue weighted by atomic mass is 16.5. The second-order valence-corrected chi connectivity index (χ2v) is 6.06. The third kappa shape index (κ3) is 2.91. The Bertz CT molecular complexity index is 772. The van der Waals surface area contributed by atoms with E-state index < -0.39 is 11.8 Å². The first kappa shape index (κ1) is 16.2. The first-order valence-electron chi connectivity index (χ1n) is 8.22. The van der Waals surface area contributed by atoms with E-state index in [0.29, 0.717) is 12.3 Å². The molecule has 0 aliphatic carbocycles. The molecule has 3 rings (SSSR count). The topological polar surface area (TPSA) is 71.5 Å². The summed E-state index contributed by atoms with van der Waals surface area (Å²) in [7, 11) is 0. The van der Waals surface area contributed by atoms with Crippen molar-refractivity contribution in [1.29, 1.82) is 0 Å². The van der Waals surface area contributed by atoms with Gasteiger partial charge in [0.25, 0.3) is 11.6 Å². The van der Waals surface area contributed by atoms with Gasteiger partial charge < -0.3 is 4.74 Å². The molecular formula is C18H21N3O3. The molecule has 0 saturated carbocycles. The fraction of sp³-hybridized carbons (Fsp3) is 0.389. The van der Waals surface area contributed by atoms with Crippen molar-refractivity contribution >= 4 is 22.8 Å². The molecule has 1 N–H and O–H groups in total. The van der Waals surface area contributed by atoms with Crippen LogP contribution in [0, 0.1) is 0 Å². The number of benzene rings is 1. The number of para-hydroxylation sites is 1. The first-order chi connectivity index (χ1) is 11.5. The minimum absolute atomic E-state index is 0.357. The van der Waals surface area contributed by atoms with Crippen molar-refractivity contribution in [2.24, 2.45) is 0 Å². The summed E-state index contributed by atoms with van der Waals surface area (Å²) in [5, 5.41) is 3.46. The minimum atomic E-state index is -1.40. The van der Waals surface area contributed by atoms with Gasteiger partial charge in [0.05, 0.1) is 5.52 Å². The number of rotatable bonds is 6. The molecule has 1 atom stereocenters. The van der Waals surface area contributed by atoms with E-state index in [1.54, 1.807) is 19.2 Å². The fourth-order valence-electron chi connectivity index (χ4n) is 2.85. The van der Waals surface area contributed by atoms with Crippen LogP contribution in [0.1, 0.15) is 33.1 Å². The van der Waals surface area contributed by atoms with Gasteiger partial charge in [-0.1, -0.05) is 31.9 Å². The van der Waals surface area contributed by atoms with E-state index in [-0.39, 0.29) is 5.91 Å². The zero-order valence-electron chi connectivity index (χ0n) is 13.9. The molecular weight excluding hydrogens is 306 g/mol. The lowest BCUT2D eigenvalue weighted by Gasteiger charge is -2.24. The summed E-state index contributed by atoms with van der Waals surface area (Å²) in [4.78, 5) is 30.3. The number of nitrogens with zero attached hydrogens (tertiary/aromatic N) is 2. The molecule has 24 heavy (non-hydrogen) atoms. The number of hydrogen-bond acceptors (Lipinski definition) is 4. The maximum Gasteiger partial charge on any atom is 0.327 e. The molecule has 2 aromatic rings. The number of hydrogen-bond donors (Lipinski definition) is 1. The third-order valence-electron chi connectivity index (χ3n) is 4.15. The molecule has 126 valence electrons. The maximum absolute atomic E-state index is 12.7. The van der Waals surface area contributed by atoms with Crippen LogP contribution < -0.4 is 10.1 Å². The monoisotopic (exact) mass is 327 g/mol. The highest BCUT2D eigenvalue weighted by Crippen LogP contribution is 2.29. The van der Waals surface area contributed by atoms with Crippen molar-refractivity contribution in [3.63, 3.8) is 0 Å². The summed E-state index contributed by atoms with van der Waals surface area (Å²) in [6.07, 6.45) is 4.43. The van der Waals surface area contributed by atoms with Gasteiger partial charge in [-0.15, -0.1) is 0 Å². The van der Waals surface area contributed by atoms with Gasteiger partial charge >= 0.3 is 6.03 Å². The van der Waals surface area contributed by atoms with Crippen molar-refractivity contribution in [2.45, 2.75) is 38.8 Å². The van der Waals surface area contributed by atoms with Gasteiger partial charge in [-0.25, -0.2) is 4.79 Å². The standard InChI is InChI=1S/C18H21N3O3/c1-3-4-7-12-21-16(22)18(2,20-17(21)23)24-15-10-11-19-14-9-6-5-8-13(14)15/h5-6,8-11H,3-4,7,12H2,1-2H3,(H,20,23). The van der Waals surface area contributed by atoms with Gasteiger partial charge in [-0.05, 0) is 24.6 Å². The second-order valence-electron chi connectivity index (χ2n) is 6.06. The number of carbonyl (C=O) groups excluding carboxylic acids is 2. The fourth-order valence-corrected chi connectivity index (χ4v) is 2.85. The molecule has 2 heterocycles. The number of carbonyl (C=O) groups is 2. The molecule has 6 nitrogen and oxygen atoms in total. The molecule has 0 bridgehead atoms. The summed E-state index contributed by atoms with van der Waals surface area (Å²) in [6.45, 7) is 4.07. The van der Waals surface area contributed by atoms with E-state index in [1.807, 2.05) is 24.3 Å². The number of nitrogens with one attached hydrogen (secondary N) is 1. The van der Waals surface area contributed by atoms with Gasteiger partial charge in [0, 0.05) is 25.1 Å². The Hall–Kier alpha value is -2.63. The summed E-state index contributed by atoms with van der Waals surface area (Å²) < 4.78 is 5.93. The number of amides is 3. The molecule has 1 aliphatic rings. The normalized spacial score (nSPS) is 20.5. The van der Waals surface area contributed by atoms with Crippen LogP contribution in [0.4, 0.5) is 4.79 Å². The highest BCUT2D eigenvalue weighted by Gasteiger charge is 2.50. The van der Waals surface area contributed by atoms with Gasteiger partial charge in [-0.2, -0.15) is 0 Å². The summed E-state index contributed by atoms with van der Waals surface area (Å²) >= 11 is 0. The van der Waals surface area contributed by atoms with Crippen LogP contribution >= 0.6 is 0 Å². The molecule has 1 aromatic heterocycles. The molecule has 1 aliphatic heterocycles. The molecule has 6 heteroatoms. The Balaban J connectivity index is 1.83. The smallest absolute Gasteiger partial charge is 0.327 e. The Morgan fingerprint density at radius 3 is 2.79 bits per heavy atom. The van der Waals surface area contributed by atoms with Crippen LogP contribution in [0.3, 0.4) is 0 Å². The Morgan fingerprint density at radius 1 is 1.21 bits per heavy atom. The Kier molecular flexibility index (Phi) is 4.38. The number of fused-ring (bicyclic) bond motifs is 1. The van der Waals surface area contributed by atoms with Crippen molar-refractivity contribution in [1.82, 2.24) is 15.2 Å². The van der Waals surface area contributed by atoms with Crippen LogP contribution in [0.25, 0.3) is 10.9 Å². The van der Waals surface area contributed by atoms with Crippen LogP contribution in [0.2, 0.25) is 0 Å². The zero-order valence-corrected chi connectivity index (χ0v) is 13.9. The van der Waals surface area contributed by atoms with Crippen molar-refractivity contribution in [3.05, 3.63) is 36.5 Å². The van der Waals surface area contributed by atoms with Gasteiger partial charge in [0.15, 0.2) is 0 Å². The van der Waals surface area contributed by atoms with E-state index in [4.69, 9.17) is 4.74 Å². The average molecular weight is 327 g/mol. The van der Waals surface area contributed by atoms with Crippen molar-refractivity contribution < 1.29 is 14.3 Å². The largest absolute Gasteiger partial charge is 0.458 e. The van der Waals surface area contributed by atoms with E-state index in [1.165, 1.54) is 4.90 Å². The number of unbranched alkanes of at least 4 members (excludes halogenated alkanes) is 2. The number of urea groups is 1. The molecule has 1 unspecified atom stereocenters. The quantitative estimate of drug-likeness (QED) is 0.654. The van der Waals surface area contributed by atoms with Crippen LogP contribution in [0.15, 0.2) is 36.5 Å². The zero-order chi connectivity index (χ0) is 17.2. The van der Waals surface area contributed by atoms with E-state index in [2.05, 4.69) is 17.2 Å². The predicted octanol–water partition coefficient (Wildman–Crippen LogP) is 3.07. The lowest BCUT2D eigenvalue weighted by atomic mass is 10.2. The third-order valence-corrected chi connectivity index (χ3v) is 4.15. The lowest BCUT2D eigenvalue weighted by Crippen LogP contribution is -2.49. The molecule has 0 spiro atoms. The van der Waals surface area contributed by atoms with Gasteiger partial charge in [0.2, 0.25) is 0 Å². The van der Waals surface area contributed by atoms with Gasteiger partial charge in [-0.3, -0.25) is 20.0 Å². The number of pyridine rings is 1. The number of imide groups is 1. The van der Waals surface area contributed by atoms with Crippen molar-refractivity contribution in [2.75, 3.05) is 6.54 Å². The second kappa shape index (κ2) is 6.47. The summed E-state index contributed by atoms with van der Waals surface area (Å²) in [6, 6.07) is 8.81. The van der Waals surface area contributed by atoms with Crippen molar-refractivity contribution in [3.8, 4) is 5.75 Å². The molecule has 3 amide bonds. The lowest BCUT2D eigenvalue weighted by molar-refractivity contribution is -0.139. The summed E-state index contributed by atoms with van der Waals surface area (Å²) in [5.74, 6) is 0.164. The maximum atomic E-state index is 12.7. The van der Waals surface area contributed by atoms with E-state index in [9.17, 15) is 9.59 Å². The molecule has 0 radical (unpaired) electrons. The Morgan fingerprint density at radius 2 is 2.00 bits per heavy atom. The van der Waals surface area contributed by atoms with Crippen LogP contribution in [0.5, 0.6) is 5.75 Å².